The number of halogens is 1. The van der Waals surface area contributed by atoms with Crippen molar-refractivity contribution in [3.63, 3.8) is 0 Å². The highest BCUT2D eigenvalue weighted by Gasteiger charge is 2.21. The monoisotopic (exact) mass is 430 g/mol. The summed E-state index contributed by atoms with van der Waals surface area (Å²) in [6, 6.07) is 15.8. The molecule has 0 unspecified atom stereocenters. The molecule has 0 amide bonds. The first-order valence-electron chi connectivity index (χ1n) is 10.1. The van der Waals surface area contributed by atoms with Gasteiger partial charge in [-0.1, -0.05) is 62.4 Å². The van der Waals surface area contributed by atoms with Gasteiger partial charge in [-0.15, -0.1) is 15.3 Å². The molecule has 32 heavy (non-hydrogen) atoms. The molecule has 0 atom stereocenters. The molecule has 3 aromatic heterocycles. The number of rotatable bonds is 5. The van der Waals surface area contributed by atoms with Crippen LogP contribution in [0.3, 0.4) is 0 Å². The molecule has 5 aromatic rings. The number of imidazole rings is 1. The van der Waals surface area contributed by atoms with Crippen molar-refractivity contribution in [2.75, 3.05) is 0 Å². The summed E-state index contributed by atoms with van der Waals surface area (Å²) in [6.07, 6.45) is 0. The topological polar surface area (TPSA) is 118 Å². The van der Waals surface area contributed by atoms with E-state index in [1.54, 1.807) is 4.57 Å². The van der Waals surface area contributed by atoms with E-state index in [4.69, 9.17) is 0 Å². The first-order valence-corrected chi connectivity index (χ1v) is 10.1. The van der Waals surface area contributed by atoms with Gasteiger partial charge in [-0.05, 0) is 27.1 Å². The molecule has 9 nitrogen and oxygen atoms in total. The minimum absolute atomic E-state index is 0.0165. The third-order valence-electron chi connectivity index (χ3n) is 5.29. The van der Waals surface area contributed by atoms with Crippen LogP contribution in [0, 0.1) is 5.95 Å². The second-order valence-corrected chi connectivity index (χ2v) is 7.71. The molecule has 2 aromatic carbocycles. The largest absolute Gasteiger partial charge is 0.491 e. The second-order valence-electron chi connectivity index (χ2n) is 7.71. The number of hydrogen-bond acceptors (Lipinski definition) is 7. The van der Waals surface area contributed by atoms with Gasteiger partial charge in [-0.2, -0.15) is 4.39 Å². The summed E-state index contributed by atoms with van der Waals surface area (Å²) < 4.78 is 16.0. The fraction of sp³-hybridized carbons (Fsp3) is 0.182. The number of H-pyrrole nitrogens is 1. The zero-order valence-electron chi connectivity index (χ0n) is 17.4. The van der Waals surface area contributed by atoms with E-state index in [1.807, 2.05) is 62.4 Å². The average Bonchev–Trinajstić information content (AvgIpc) is 3.46. The number of fused-ring (bicyclic) bond motifs is 1. The molecule has 0 spiro atoms. The summed E-state index contributed by atoms with van der Waals surface area (Å²) >= 11 is 0. The molecule has 0 fully saturated rings. The number of nitrogens with one attached hydrogen (secondary N) is 1. The van der Waals surface area contributed by atoms with Crippen molar-refractivity contribution < 1.29 is 9.50 Å². The van der Waals surface area contributed by atoms with Crippen LogP contribution in [0.25, 0.3) is 33.5 Å². The van der Waals surface area contributed by atoms with Crippen molar-refractivity contribution in [1.82, 2.24) is 40.4 Å². The van der Waals surface area contributed by atoms with Gasteiger partial charge in [0.1, 0.15) is 11.3 Å². The summed E-state index contributed by atoms with van der Waals surface area (Å²) in [5.41, 5.74) is 4.11. The van der Waals surface area contributed by atoms with Crippen LogP contribution in [0.4, 0.5) is 4.39 Å². The number of benzene rings is 2. The Morgan fingerprint density at radius 3 is 2.44 bits per heavy atom. The van der Waals surface area contributed by atoms with E-state index in [1.165, 1.54) is 0 Å². The van der Waals surface area contributed by atoms with Gasteiger partial charge < -0.3 is 9.67 Å². The molecule has 5 rings (SSSR count). The maximum atomic E-state index is 14.2. The van der Waals surface area contributed by atoms with Crippen LogP contribution in [0.5, 0.6) is 5.88 Å². The number of aromatic hydroxyl groups is 1. The summed E-state index contributed by atoms with van der Waals surface area (Å²) in [4.78, 5) is 4.38. The lowest BCUT2D eigenvalue weighted by molar-refractivity contribution is 0.439. The van der Waals surface area contributed by atoms with E-state index in [-0.39, 0.29) is 22.8 Å². The SMILES string of the molecule is CC(C)c1nc2c(F)nnc(O)c2n1Cc1ccc(-c2ccccc2-c2nnn[nH]2)cc1. The molecule has 0 saturated heterocycles. The first-order chi connectivity index (χ1) is 15.5. The number of aromatic amines is 1. The number of aromatic nitrogens is 8. The minimum atomic E-state index is -0.799. The van der Waals surface area contributed by atoms with Gasteiger partial charge in [0.15, 0.2) is 11.3 Å². The highest BCUT2D eigenvalue weighted by molar-refractivity contribution is 5.81. The van der Waals surface area contributed by atoms with Gasteiger partial charge in [-0.25, -0.2) is 10.1 Å². The number of tetrazole rings is 1. The molecule has 3 heterocycles. The van der Waals surface area contributed by atoms with Gasteiger partial charge in [0.05, 0.1) is 0 Å². The van der Waals surface area contributed by atoms with E-state index in [2.05, 4.69) is 35.8 Å². The Labute approximate surface area is 182 Å². The lowest BCUT2D eigenvalue weighted by Crippen LogP contribution is -2.07. The molecule has 160 valence electrons. The van der Waals surface area contributed by atoms with E-state index < -0.39 is 5.95 Å². The molecule has 0 aliphatic carbocycles. The first kappa shape index (κ1) is 19.7. The molecule has 10 heteroatoms. The lowest BCUT2D eigenvalue weighted by Gasteiger charge is -2.13. The third-order valence-corrected chi connectivity index (χ3v) is 5.29. The average molecular weight is 430 g/mol. The Bertz CT molecular complexity index is 1390. The predicted octanol–water partition coefficient (Wildman–Crippen LogP) is 3.69. The predicted molar refractivity (Wildman–Crippen MR) is 115 cm³/mol. The van der Waals surface area contributed by atoms with E-state index in [0.29, 0.717) is 18.2 Å². The quantitative estimate of drug-likeness (QED) is 0.436. The van der Waals surface area contributed by atoms with Crippen LogP contribution in [0.15, 0.2) is 48.5 Å². The molecular formula is C22H19FN8O. The van der Waals surface area contributed by atoms with Gasteiger partial charge in [-0.3, -0.25) is 0 Å². The molecular weight excluding hydrogens is 411 g/mol. The zero-order valence-corrected chi connectivity index (χ0v) is 17.4. The van der Waals surface area contributed by atoms with Crippen molar-refractivity contribution >= 4 is 11.0 Å². The highest BCUT2D eigenvalue weighted by atomic mass is 19.1. The van der Waals surface area contributed by atoms with Crippen molar-refractivity contribution in [1.29, 1.82) is 0 Å². The Balaban J connectivity index is 1.53. The summed E-state index contributed by atoms with van der Waals surface area (Å²) in [6.45, 7) is 4.33. The standard InChI is InChI=1S/C22H19FN8O/c1-12(2)21-24-17-18(22(32)28-25-19(17)23)31(21)11-13-7-9-14(10-8-13)15-5-3-4-6-16(15)20-26-29-30-27-20/h3-10,12H,11H2,1-2H3,(H,28,32)(H,26,27,29,30). The zero-order chi connectivity index (χ0) is 22.2. The van der Waals surface area contributed by atoms with Crippen LogP contribution in [-0.4, -0.2) is 45.5 Å². The third kappa shape index (κ3) is 3.35. The van der Waals surface area contributed by atoms with Crippen LogP contribution in [-0.2, 0) is 6.54 Å². The molecule has 2 N–H and O–H groups in total. The maximum Gasteiger partial charge on any atom is 0.261 e. The van der Waals surface area contributed by atoms with E-state index >= 15 is 0 Å². The summed E-state index contributed by atoms with van der Waals surface area (Å²) in [5.74, 6) is 0.119. The van der Waals surface area contributed by atoms with Crippen molar-refractivity contribution in [3.05, 3.63) is 65.9 Å². The van der Waals surface area contributed by atoms with Crippen LogP contribution in [0.1, 0.15) is 31.2 Å². The Morgan fingerprint density at radius 1 is 1.00 bits per heavy atom. The maximum absolute atomic E-state index is 14.2. The van der Waals surface area contributed by atoms with Crippen LogP contribution >= 0.6 is 0 Å². The van der Waals surface area contributed by atoms with Crippen molar-refractivity contribution in [2.24, 2.45) is 0 Å². The lowest BCUT2D eigenvalue weighted by atomic mass is 9.98. The molecule has 0 aliphatic rings. The highest BCUT2D eigenvalue weighted by Crippen LogP contribution is 2.31. The Kier molecular flexibility index (Phi) is 4.81. The molecule has 0 radical (unpaired) electrons. The second kappa shape index (κ2) is 7.80. The normalized spacial score (nSPS) is 11.5. The van der Waals surface area contributed by atoms with E-state index in [9.17, 15) is 9.50 Å². The van der Waals surface area contributed by atoms with Gasteiger partial charge in [0.2, 0.25) is 0 Å². The fourth-order valence-corrected chi connectivity index (χ4v) is 3.81. The Hall–Kier alpha value is -4.21. The summed E-state index contributed by atoms with van der Waals surface area (Å²) in [5, 5.41) is 31.3. The smallest absolute Gasteiger partial charge is 0.261 e. The van der Waals surface area contributed by atoms with E-state index in [0.717, 1.165) is 22.3 Å². The Morgan fingerprint density at radius 2 is 1.75 bits per heavy atom. The molecule has 0 saturated carbocycles. The van der Waals surface area contributed by atoms with Crippen molar-refractivity contribution in [2.45, 2.75) is 26.3 Å². The van der Waals surface area contributed by atoms with Crippen molar-refractivity contribution in [3.8, 4) is 28.4 Å². The number of nitrogens with zero attached hydrogens (tertiary/aromatic N) is 7. The van der Waals surface area contributed by atoms with Gasteiger partial charge in [0, 0.05) is 18.0 Å². The fourth-order valence-electron chi connectivity index (χ4n) is 3.81. The number of hydrogen-bond donors (Lipinski definition) is 2. The van der Waals surface area contributed by atoms with Crippen LogP contribution in [0.2, 0.25) is 0 Å². The minimum Gasteiger partial charge on any atom is -0.491 e. The summed E-state index contributed by atoms with van der Waals surface area (Å²) in [7, 11) is 0. The van der Waals surface area contributed by atoms with Gasteiger partial charge in [0.25, 0.3) is 11.8 Å². The molecule has 0 bridgehead atoms. The molecule has 0 aliphatic heterocycles. The van der Waals surface area contributed by atoms with Gasteiger partial charge >= 0.3 is 0 Å². The van der Waals surface area contributed by atoms with Crippen LogP contribution < -0.4 is 0 Å².